The molecule has 0 atom stereocenters. The molecule has 0 fully saturated rings. The Bertz CT molecular complexity index is 141. The average Bonchev–Trinajstić information content (AvgIpc) is 1.69. The van der Waals surface area contributed by atoms with Crippen LogP contribution >= 0.6 is 0 Å². The first-order valence-corrected chi connectivity index (χ1v) is 2.05. The molecule has 64 valence electrons. The molecule has 0 spiro atoms. The molecule has 1 aromatic carbocycles. The Balaban J connectivity index is 0. The molecule has 0 heterocycles. The number of rotatable bonds is 0. The van der Waals surface area contributed by atoms with E-state index >= 15 is 0 Å². The van der Waals surface area contributed by atoms with Crippen LogP contribution in [-0.2, 0) is 0 Å². The zero-order valence-electron chi connectivity index (χ0n) is 4.29. The quantitative estimate of drug-likeness (QED) is 0.438. The van der Waals surface area contributed by atoms with Crippen LogP contribution in [0.3, 0.4) is 0 Å². The van der Waals surface area contributed by atoms with Gasteiger partial charge in [-0.15, -0.1) is 12.1 Å². The SMILES string of the molecule is Oc1[c-]cccc1.[No].[No]. The third-order valence-corrected chi connectivity index (χ3v) is 0.693. The van der Waals surface area contributed by atoms with Crippen molar-refractivity contribution in [3.05, 3.63) is 30.3 Å². The molecular formula is C6H5No2O-. The van der Waals surface area contributed by atoms with Crippen molar-refractivity contribution in [2.45, 2.75) is 0 Å². The van der Waals surface area contributed by atoms with Crippen molar-refractivity contribution >= 4 is 0 Å². The van der Waals surface area contributed by atoms with Gasteiger partial charge in [0.2, 0.25) is 0 Å². The number of hydrogen-bond donors (Lipinski definition) is 1. The van der Waals surface area contributed by atoms with Gasteiger partial charge in [0.15, 0.2) is 0 Å². The third-order valence-electron chi connectivity index (χ3n) is 0.693. The van der Waals surface area contributed by atoms with E-state index in [1.165, 1.54) is 0 Å². The minimum absolute atomic E-state index is 0. The van der Waals surface area contributed by atoms with Gasteiger partial charge in [-0.05, 0) is 0 Å². The van der Waals surface area contributed by atoms with Crippen molar-refractivity contribution in [2.24, 2.45) is 0 Å². The summed E-state index contributed by atoms with van der Waals surface area (Å²) in [6, 6.07) is 9.39. The standard InChI is InChI=1S/C6H5O.2No/c7-6-4-2-1-3-5-6;;/h1-4,7H;;/q-1;;. The minimum Gasteiger partial charge on any atom is -0.534 e. The molecule has 1 rings (SSSR count). The second-order valence-electron chi connectivity index (χ2n) is 1.25. The predicted octanol–water partition coefficient (Wildman–Crippen LogP) is 1.19. The van der Waals surface area contributed by atoms with Crippen LogP contribution in [0.15, 0.2) is 24.3 Å². The van der Waals surface area contributed by atoms with E-state index in [0.29, 0.717) is 0 Å². The van der Waals surface area contributed by atoms with E-state index < -0.39 is 0 Å². The summed E-state index contributed by atoms with van der Waals surface area (Å²) >= 11 is 0. The van der Waals surface area contributed by atoms with Crippen molar-refractivity contribution in [1.82, 2.24) is 0 Å². The monoisotopic (exact) mass is 611 g/mol. The Kier molecular flexibility index (Phi) is 3.36. The van der Waals surface area contributed by atoms with Gasteiger partial charge < -0.3 is 5.11 Å². The summed E-state index contributed by atoms with van der Waals surface area (Å²) < 4.78 is 0. The van der Waals surface area contributed by atoms with Crippen LogP contribution in [0.5, 0.6) is 5.75 Å². The predicted molar refractivity (Wildman–Crippen MR) is 26.9 cm³/mol. The van der Waals surface area contributed by atoms with E-state index in [2.05, 4.69) is 6.07 Å². The summed E-state index contributed by atoms with van der Waals surface area (Å²) in [6.07, 6.45) is 0. The van der Waals surface area contributed by atoms with Crippen LogP contribution in [0.4, 0.5) is 0 Å². The Morgan fingerprint density at radius 2 is 1.89 bits per heavy atom. The first-order valence-electron chi connectivity index (χ1n) is 2.05. The molecule has 1 aromatic rings. The zero-order chi connectivity index (χ0) is 5.11. The first-order chi connectivity index (χ1) is 3.39. The molecule has 0 aliphatic heterocycles. The molecule has 1 nitrogen and oxygen atoms in total. The van der Waals surface area contributed by atoms with E-state index in [0.717, 1.165) is 0 Å². The van der Waals surface area contributed by atoms with E-state index in [1.54, 1.807) is 24.3 Å². The maximum absolute atomic E-state index is 8.58. The maximum atomic E-state index is 8.58. The first kappa shape index (κ1) is 9.39. The van der Waals surface area contributed by atoms with E-state index in [4.69, 9.17) is 5.11 Å². The Morgan fingerprint density at radius 3 is 2.11 bits per heavy atom. The number of hydrogen-bond acceptors (Lipinski definition) is 1. The van der Waals surface area contributed by atoms with Gasteiger partial charge in [0.25, 0.3) is 0 Å². The molecule has 1 N–H and O–H groups in total. The third kappa shape index (κ3) is 1.82. The summed E-state index contributed by atoms with van der Waals surface area (Å²) in [5.74, 6) is 0.197. The molecule has 0 radical (unpaired) electrons. The van der Waals surface area contributed by atoms with Crippen molar-refractivity contribution in [3.63, 3.8) is 0 Å². The van der Waals surface area contributed by atoms with Crippen LogP contribution in [0, 0.1) is 6.07 Å². The summed E-state index contributed by atoms with van der Waals surface area (Å²) in [5, 5.41) is 8.58. The van der Waals surface area contributed by atoms with Gasteiger partial charge in [-0.25, -0.2) is 0 Å². The number of benzene rings is 1. The van der Waals surface area contributed by atoms with Gasteiger partial charge in [0.1, 0.15) is 0 Å². The molecule has 0 saturated heterocycles. The van der Waals surface area contributed by atoms with Gasteiger partial charge in [-0.2, -0.15) is 18.2 Å². The van der Waals surface area contributed by atoms with Gasteiger partial charge in [0, 0.05) is 5.75 Å². The molecule has 0 aliphatic carbocycles. The Morgan fingerprint density at radius 1 is 1.22 bits per heavy atom. The van der Waals surface area contributed by atoms with Gasteiger partial charge in [-0.3, -0.25) is 0 Å². The van der Waals surface area contributed by atoms with E-state index in [-0.39, 0.29) is 5.75 Å². The van der Waals surface area contributed by atoms with Crippen LogP contribution < -0.4 is 0 Å². The zero-order valence-corrected chi connectivity index (χ0v) is 8.74. The fraction of sp³-hybridized carbons (Fsp3) is 0. The molecule has 3 heteroatoms. The van der Waals surface area contributed by atoms with Crippen LogP contribution in [0.25, 0.3) is 0 Å². The second-order valence-corrected chi connectivity index (χ2v) is 1.25. The normalized spacial score (nSPS) is 6.67. The van der Waals surface area contributed by atoms with Gasteiger partial charge in [0.05, 0.1) is 0 Å². The van der Waals surface area contributed by atoms with Crippen molar-refractivity contribution in [1.29, 1.82) is 0 Å². The van der Waals surface area contributed by atoms with Crippen LogP contribution in [0.1, 0.15) is 0 Å². The molecular weight excluding hydrogens is 606 g/mol. The second kappa shape index (κ2) is 3.22. The number of phenolic OH excluding ortho intramolecular Hbond substituents is 1. The van der Waals surface area contributed by atoms with Gasteiger partial charge in [-0.1, -0.05) is 0 Å². The smallest absolute Gasteiger partial charge is 0.00397 e. The van der Waals surface area contributed by atoms with Crippen molar-refractivity contribution in [3.8, 4) is 5.75 Å². The topological polar surface area (TPSA) is 20.2 Å². The molecule has 0 aliphatic rings. The van der Waals surface area contributed by atoms with Gasteiger partial charge >= 0.3 is 0 Å². The number of phenols is 1. The van der Waals surface area contributed by atoms with Crippen molar-refractivity contribution < 1.29 is 5.11 Å². The van der Waals surface area contributed by atoms with E-state index in [9.17, 15) is 0 Å². The molecule has 0 saturated carbocycles. The number of aromatic hydroxyl groups is 1. The summed E-state index contributed by atoms with van der Waals surface area (Å²) in [4.78, 5) is 0. The van der Waals surface area contributed by atoms with Crippen LogP contribution in [0.2, 0.25) is 0 Å². The molecule has 9 heavy (non-hydrogen) atoms. The fourth-order valence-corrected chi connectivity index (χ4v) is 0.384. The Labute approximate surface area is 42.2 Å². The fourth-order valence-electron chi connectivity index (χ4n) is 0.384. The molecule has 0 unspecified atom stereocenters. The largest absolute Gasteiger partial charge is 0.534 e. The van der Waals surface area contributed by atoms with E-state index in [1.807, 2.05) is 0 Å². The van der Waals surface area contributed by atoms with Crippen molar-refractivity contribution in [2.75, 3.05) is 0 Å². The minimum atomic E-state index is 0. The molecule has 0 bridgehead atoms. The molecule has 0 amide bonds. The average molecular weight is 611 g/mol. The molecule has 0 aromatic heterocycles. The Hall–Kier alpha value is -2.98. The van der Waals surface area contributed by atoms with Crippen LogP contribution in [-0.4, -0.2) is 5.11 Å². The summed E-state index contributed by atoms with van der Waals surface area (Å²) in [6.45, 7) is 0. The number of para-hydroxylation sites is 1. The summed E-state index contributed by atoms with van der Waals surface area (Å²) in [5.41, 5.74) is 0. The summed E-state index contributed by atoms with van der Waals surface area (Å²) in [7, 11) is 0. The maximum Gasteiger partial charge on any atom is 0.00397 e.